The van der Waals surface area contributed by atoms with Gasteiger partial charge >= 0.3 is 71.1 Å². The molecule has 0 aliphatic carbocycles. The van der Waals surface area contributed by atoms with Crippen LogP contribution in [0, 0.1) is 83.4 Å². The molecule has 0 aliphatic rings. The summed E-state index contributed by atoms with van der Waals surface area (Å²) in [7, 11) is -5.32. The Hall–Kier alpha value is -2.07. The van der Waals surface area contributed by atoms with Gasteiger partial charge in [0.2, 0.25) is 0 Å². The van der Waals surface area contributed by atoms with Crippen molar-refractivity contribution in [3.8, 4) is 83.4 Å². The predicted molar refractivity (Wildman–Crippen MR) is 174 cm³/mol. The number of rotatable bonds is 16. The largest absolute Gasteiger partial charge is 1.00 e. The van der Waals surface area contributed by atoms with Crippen LogP contribution >= 0.6 is 7.82 Å². The third kappa shape index (κ3) is 36.0. The summed E-state index contributed by atoms with van der Waals surface area (Å²) in [5.41, 5.74) is 0. The summed E-state index contributed by atoms with van der Waals surface area (Å²) >= 11 is 0. The Balaban J connectivity index is -0.0000000602. The van der Waals surface area contributed by atoms with E-state index >= 15 is 0 Å². The van der Waals surface area contributed by atoms with Gasteiger partial charge in [0.15, 0.2) is 6.10 Å². The van der Waals surface area contributed by atoms with Gasteiger partial charge in [0, 0.05) is 30.9 Å². The van der Waals surface area contributed by atoms with Crippen LogP contribution in [0.5, 0.6) is 0 Å². The molecule has 238 valence electrons. The van der Waals surface area contributed by atoms with E-state index in [1.54, 1.807) is 0 Å². The minimum atomic E-state index is -5.32. The number of phosphoric ester groups is 1. The van der Waals surface area contributed by atoms with Gasteiger partial charge in [-0.3, -0.25) is 4.79 Å². The first kappa shape index (κ1) is 46.9. The Morgan fingerprint density at radius 1 is 0.762 bits per heavy atom. The fourth-order valence-corrected chi connectivity index (χ4v) is 3.07. The normalized spacial score (nSPS) is 9.00. The van der Waals surface area contributed by atoms with Crippen LogP contribution in [0.2, 0.25) is 0 Å². The Bertz CT molecular complexity index is 1310. The molecule has 0 unspecified atom stereocenters. The van der Waals surface area contributed by atoms with Gasteiger partial charge in [-0.2, -0.15) is 0 Å². The standard InChI is InChI=1S/C30H31O8P.H3N.2Na.13H2/c1-3-5-7-9-11-13-14-15-17-18-20-22-24-29(31)36-26-28(27-37-39(33,34)35)38-30(32)25-23-21-19-16-12-10-8-6-4-2;;;;;;;;;;;;;;;;/h1,28H,4,6,8,10,12,16,19,21,23,25-27H2,2H3,(H2,33,34,35);1H3;;;13*1H/q;;2*+1;;;;;;;;;;;;;/p-2/t28-;;;;;;;;;;;;;;;;/m1................/s1. The molecule has 0 aliphatic heterocycles. The molecule has 1 atom stereocenters. The molecule has 0 rings (SSSR count). The fourth-order valence-electron chi connectivity index (χ4n) is 2.72. The van der Waals surface area contributed by atoms with Gasteiger partial charge in [0.1, 0.15) is 6.61 Å². The molecule has 0 fully saturated rings. The molecule has 0 aromatic carbocycles. The van der Waals surface area contributed by atoms with Gasteiger partial charge in [-0.15, -0.1) is 6.42 Å². The molecule has 9 nitrogen and oxygen atoms in total. The van der Waals surface area contributed by atoms with Crippen LogP contribution in [0.4, 0.5) is 0 Å². The van der Waals surface area contributed by atoms with Gasteiger partial charge in [0.25, 0.3) is 0 Å². The zero-order valence-corrected chi connectivity index (χ0v) is 29.5. The van der Waals surface area contributed by atoms with Crippen molar-refractivity contribution in [2.24, 2.45) is 0 Å². The molecule has 0 amide bonds. The van der Waals surface area contributed by atoms with Crippen molar-refractivity contribution in [1.82, 2.24) is 6.15 Å². The molecule has 0 heterocycles. The number of ether oxygens (including phenoxy) is 2. The number of unbranched alkanes of at least 4 members (excludes halogenated alkanes) is 8. The van der Waals surface area contributed by atoms with E-state index in [1.807, 2.05) is 0 Å². The third-order valence-electron chi connectivity index (χ3n) is 4.46. The number of phosphoric acid groups is 1. The van der Waals surface area contributed by atoms with E-state index in [0.29, 0.717) is 6.42 Å². The summed E-state index contributed by atoms with van der Waals surface area (Å²) in [6.07, 6.45) is 13.3. The third-order valence-corrected chi connectivity index (χ3v) is 4.93. The summed E-state index contributed by atoms with van der Waals surface area (Å²) < 4.78 is 24.9. The Kier molecular flexibility index (Phi) is 37.3. The van der Waals surface area contributed by atoms with Crippen molar-refractivity contribution in [1.29, 1.82) is 0 Å². The van der Waals surface area contributed by atoms with Gasteiger partial charge in [0.05, 0.1) is 14.4 Å². The van der Waals surface area contributed by atoms with Crippen molar-refractivity contribution < 1.29 is 116 Å². The van der Waals surface area contributed by atoms with Crippen LogP contribution in [-0.4, -0.2) is 31.3 Å². The molecule has 0 aromatic heterocycles. The number of terminal acetylenes is 1. The molecule has 0 saturated carbocycles. The van der Waals surface area contributed by atoms with E-state index < -0.39 is 39.1 Å². The SMILES string of the molecule is C#CC#CC#CC#CC#CC#CC#CC(=O)OC[C@H](COP(=O)([O-])[O-])OC(=O)CCCCCCCCCCC.N.[HH].[HH].[HH].[HH].[HH].[HH].[HH].[HH].[HH].[HH].[HH].[HH].[HH].[Na+].[Na+]. The zero-order valence-electron chi connectivity index (χ0n) is 24.6. The van der Waals surface area contributed by atoms with Crippen molar-refractivity contribution in [2.45, 2.75) is 77.2 Å². The predicted octanol–water partition coefficient (Wildman–Crippen LogP) is -0.771. The smallest absolute Gasteiger partial charge is 0.790 e. The summed E-state index contributed by atoms with van der Waals surface area (Å²) in [6.45, 7) is 0.819. The average molecular weight is 638 g/mol. The number of carbonyl (C=O) groups is 2. The van der Waals surface area contributed by atoms with Gasteiger partial charge in [-0.25, -0.2) is 4.79 Å². The maximum Gasteiger partial charge on any atom is 1.00 e. The topological polar surface area (TPSA) is 160 Å². The fraction of sp³-hybridized carbons (Fsp3) is 0.467. The first-order valence-corrected chi connectivity index (χ1v) is 13.7. The van der Waals surface area contributed by atoms with Crippen molar-refractivity contribution in [3.63, 3.8) is 0 Å². The quantitative estimate of drug-likeness (QED) is 0.0573. The van der Waals surface area contributed by atoms with Crippen LogP contribution in [-0.2, 0) is 28.2 Å². The summed E-state index contributed by atoms with van der Waals surface area (Å²) in [6, 6.07) is 0. The van der Waals surface area contributed by atoms with E-state index in [9.17, 15) is 23.9 Å². The summed E-state index contributed by atoms with van der Waals surface area (Å²) in [4.78, 5) is 45.4. The van der Waals surface area contributed by atoms with E-state index in [2.05, 4.69) is 88.4 Å². The second-order valence-corrected chi connectivity index (χ2v) is 8.83. The van der Waals surface area contributed by atoms with Crippen LogP contribution in [0.3, 0.4) is 0 Å². The molecule has 3 N–H and O–H groups in total. The summed E-state index contributed by atoms with van der Waals surface area (Å²) in [5, 5.41) is 0. The Morgan fingerprint density at radius 2 is 1.21 bits per heavy atom. The molecule has 0 spiro atoms. The second-order valence-electron chi connectivity index (χ2n) is 7.68. The molecule has 0 bridgehead atoms. The minimum Gasteiger partial charge on any atom is -0.790 e. The number of carbonyl (C=O) groups excluding carboxylic acids is 2. The Morgan fingerprint density at radius 3 is 1.69 bits per heavy atom. The van der Waals surface area contributed by atoms with Gasteiger partial charge in [-0.1, -0.05) is 58.3 Å². The number of esters is 2. The first-order valence-electron chi connectivity index (χ1n) is 12.3. The van der Waals surface area contributed by atoms with E-state index in [1.165, 1.54) is 25.7 Å². The second kappa shape index (κ2) is 33.4. The van der Waals surface area contributed by atoms with Crippen LogP contribution in [0.25, 0.3) is 0 Å². The van der Waals surface area contributed by atoms with Gasteiger partial charge < -0.3 is 34.5 Å². The molecule has 0 radical (unpaired) electrons. The first-order chi connectivity index (χ1) is 18.8. The van der Waals surface area contributed by atoms with Crippen molar-refractivity contribution in [3.05, 3.63) is 0 Å². The van der Waals surface area contributed by atoms with E-state index in [4.69, 9.17) is 15.9 Å². The number of hydrogen-bond acceptors (Lipinski definition) is 9. The van der Waals surface area contributed by atoms with Crippen LogP contribution in [0.1, 0.15) is 89.7 Å². The molecule has 42 heavy (non-hydrogen) atoms. The molecule has 0 saturated heterocycles. The van der Waals surface area contributed by atoms with E-state index in [-0.39, 0.29) is 90.2 Å². The zero-order chi connectivity index (χ0) is 29.0. The average Bonchev–Trinajstić information content (AvgIpc) is 2.89. The molecule has 12 heteroatoms. The maximum atomic E-state index is 12.1. The van der Waals surface area contributed by atoms with Crippen LogP contribution in [0.15, 0.2) is 0 Å². The molecular formula is C30H58NNa2O8P. The van der Waals surface area contributed by atoms with Crippen molar-refractivity contribution >= 4 is 19.8 Å². The Labute approximate surface area is 313 Å². The summed E-state index contributed by atoms with van der Waals surface area (Å²) in [5.74, 6) is 28.3. The maximum absolute atomic E-state index is 12.1. The number of hydrogen-bond donors (Lipinski definition) is 1. The monoisotopic (exact) mass is 637 g/mol. The molecular weight excluding hydrogens is 579 g/mol. The molecule has 0 aromatic rings. The minimum absolute atomic E-state index is 0. The van der Waals surface area contributed by atoms with Crippen LogP contribution < -0.4 is 75.1 Å². The van der Waals surface area contributed by atoms with Gasteiger partial charge in [-0.05, 0) is 77.5 Å². The van der Waals surface area contributed by atoms with Crippen molar-refractivity contribution in [2.75, 3.05) is 13.2 Å². The van der Waals surface area contributed by atoms with E-state index in [0.717, 1.165) is 25.7 Å².